The second-order valence-corrected chi connectivity index (χ2v) is 12.5. The van der Waals surface area contributed by atoms with Gasteiger partial charge in [-0.05, 0) is 72.7 Å². The number of aromatic nitrogens is 1. The van der Waals surface area contributed by atoms with Crippen LogP contribution in [0.3, 0.4) is 0 Å². The first kappa shape index (κ1) is 31.8. The quantitative estimate of drug-likeness (QED) is 0.177. The molecule has 1 aliphatic rings. The Morgan fingerprint density at radius 3 is 2.43 bits per heavy atom. The maximum atomic E-state index is 14.5. The Kier molecular flexibility index (Phi) is 8.91. The molecule has 2 heterocycles. The van der Waals surface area contributed by atoms with Crippen molar-refractivity contribution in [1.29, 1.82) is 0 Å². The number of thiazole rings is 1. The Hall–Kier alpha value is -5.80. The predicted molar refractivity (Wildman–Crippen MR) is 191 cm³/mol. The largest absolute Gasteiger partial charge is 0.494 e. The lowest BCUT2D eigenvalue weighted by molar-refractivity contribution is -0.113. The van der Waals surface area contributed by atoms with Gasteiger partial charge in [0.25, 0.3) is 11.5 Å². The SMILES string of the molecule is CCOc1ccc([C@H]2C(C(=O)Nc3ccccc3)=C(C)N=c3s/c(=C\c4c(OCc5ccccc5F)ccc5ccccc45)c(=O)n32)cc1. The number of halogens is 1. The number of nitrogens with one attached hydrogen (secondary N) is 1. The summed E-state index contributed by atoms with van der Waals surface area (Å²) in [5.41, 5.74) is 3.07. The van der Waals surface area contributed by atoms with Crippen LogP contribution in [0.1, 0.15) is 36.6 Å². The van der Waals surface area contributed by atoms with Crippen LogP contribution < -0.4 is 29.7 Å². The van der Waals surface area contributed by atoms with Gasteiger partial charge < -0.3 is 14.8 Å². The second-order valence-electron chi connectivity index (χ2n) is 11.5. The first-order chi connectivity index (χ1) is 23.9. The molecule has 1 aromatic heterocycles. The summed E-state index contributed by atoms with van der Waals surface area (Å²) in [5, 5.41) is 4.82. The van der Waals surface area contributed by atoms with Gasteiger partial charge in [-0.25, -0.2) is 9.38 Å². The molecule has 1 N–H and O–H groups in total. The van der Waals surface area contributed by atoms with E-state index < -0.39 is 6.04 Å². The van der Waals surface area contributed by atoms with Crippen molar-refractivity contribution in [2.24, 2.45) is 4.99 Å². The molecule has 5 aromatic carbocycles. The highest BCUT2D eigenvalue weighted by Crippen LogP contribution is 2.33. The Balaban J connectivity index is 1.37. The molecule has 0 unspecified atom stereocenters. The smallest absolute Gasteiger partial charge is 0.271 e. The minimum absolute atomic E-state index is 0.0178. The van der Waals surface area contributed by atoms with Crippen molar-refractivity contribution in [3.8, 4) is 11.5 Å². The number of allylic oxidation sites excluding steroid dienone is 1. The number of benzene rings is 5. The van der Waals surface area contributed by atoms with Gasteiger partial charge in [-0.15, -0.1) is 0 Å². The van der Waals surface area contributed by atoms with E-state index in [0.29, 0.717) is 55.5 Å². The number of carbonyl (C=O) groups excluding carboxylic acids is 1. The van der Waals surface area contributed by atoms with Crippen molar-refractivity contribution in [1.82, 2.24) is 4.57 Å². The molecule has 1 aliphatic heterocycles. The molecule has 9 heteroatoms. The molecule has 0 radical (unpaired) electrons. The molecule has 0 fully saturated rings. The standard InChI is InChI=1S/C40H32FN3O4S/c1-3-47-30-20-17-27(18-21-30)37-36(38(45)43-29-13-5-4-6-14-29)25(2)42-40-44(37)39(46)35(49-40)23-32-31-15-9-7-11-26(31)19-22-34(32)48-24-28-12-8-10-16-33(28)41/h4-23,37H,3,24H2,1-2H3,(H,43,45)/b35-23-/t37-/m0/s1. The van der Waals surface area contributed by atoms with Gasteiger partial charge in [-0.2, -0.15) is 0 Å². The number of nitrogens with zero attached hydrogens (tertiary/aromatic N) is 2. The van der Waals surface area contributed by atoms with E-state index in [4.69, 9.17) is 14.5 Å². The molecule has 0 aliphatic carbocycles. The van der Waals surface area contributed by atoms with Crippen molar-refractivity contribution in [2.45, 2.75) is 26.5 Å². The zero-order valence-corrected chi connectivity index (χ0v) is 27.7. The van der Waals surface area contributed by atoms with E-state index in [9.17, 15) is 14.0 Å². The highest BCUT2D eigenvalue weighted by Gasteiger charge is 2.32. The van der Waals surface area contributed by atoms with Crippen LogP contribution in [0, 0.1) is 5.82 Å². The van der Waals surface area contributed by atoms with Crippen LogP contribution in [0.25, 0.3) is 16.8 Å². The summed E-state index contributed by atoms with van der Waals surface area (Å²) in [5.74, 6) is 0.497. The van der Waals surface area contributed by atoms with Gasteiger partial charge in [-0.3, -0.25) is 14.2 Å². The fraction of sp³-hybridized carbons (Fsp3) is 0.125. The van der Waals surface area contributed by atoms with Crippen LogP contribution in [0.15, 0.2) is 136 Å². The molecule has 1 amide bonds. The van der Waals surface area contributed by atoms with Crippen molar-refractivity contribution >= 4 is 39.8 Å². The molecule has 0 saturated carbocycles. The van der Waals surface area contributed by atoms with Gasteiger partial charge in [0.15, 0.2) is 4.80 Å². The topological polar surface area (TPSA) is 81.9 Å². The van der Waals surface area contributed by atoms with E-state index >= 15 is 0 Å². The highest BCUT2D eigenvalue weighted by atomic mass is 32.1. The van der Waals surface area contributed by atoms with Crippen LogP contribution >= 0.6 is 11.3 Å². The number of hydrogen-bond acceptors (Lipinski definition) is 6. The van der Waals surface area contributed by atoms with Gasteiger partial charge in [0.05, 0.1) is 28.5 Å². The third-order valence-corrected chi connectivity index (χ3v) is 9.33. The van der Waals surface area contributed by atoms with Crippen LogP contribution in [-0.4, -0.2) is 17.1 Å². The zero-order valence-electron chi connectivity index (χ0n) is 26.9. The number of amides is 1. The average Bonchev–Trinajstić information content (AvgIpc) is 3.42. The fourth-order valence-corrected chi connectivity index (χ4v) is 7.04. The predicted octanol–water partition coefficient (Wildman–Crippen LogP) is 7.14. The summed E-state index contributed by atoms with van der Waals surface area (Å²) >= 11 is 1.24. The van der Waals surface area contributed by atoms with Gasteiger partial charge in [0.2, 0.25) is 0 Å². The summed E-state index contributed by atoms with van der Waals surface area (Å²) in [6.45, 7) is 4.23. The highest BCUT2D eigenvalue weighted by molar-refractivity contribution is 7.07. The van der Waals surface area contributed by atoms with Gasteiger partial charge in [0, 0.05) is 16.8 Å². The Morgan fingerprint density at radius 1 is 0.918 bits per heavy atom. The monoisotopic (exact) mass is 669 g/mol. The lowest BCUT2D eigenvalue weighted by Gasteiger charge is -2.25. The van der Waals surface area contributed by atoms with Gasteiger partial charge in [-0.1, -0.05) is 90.2 Å². The van der Waals surface area contributed by atoms with Crippen LogP contribution in [0.4, 0.5) is 10.1 Å². The molecule has 1 atom stereocenters. The summed E-state index contributed by atoms with van der Waals surface area (Å²) in [6.07, 6.45) is 1.81. The lowest BCUT2D eigenvalue weighted by Crippen LogP contribution is -2.40. The van der Waals surface area contributed by atoms with E-state index in [2.05, 4.69) is 5.32 Å². The summed E-state index contributed by atoms with van der Waals surface area (Å²) in [6, 6.07) is 34.0. The molecule has 0 bridgehead atoms. The number of para-hydroxylation sites is 1. The summed E-state index contributed by atoms with van der Waals surface area (Å²) in [4.78, 5) is 33.7. The summed E-state index contributed by atoms with van der Waals surface area (Å²) < 4.78 is 28.4. The molecule has 6 aromatic rings. The molecule has 49 heavy (non-hydrogen) atoms. The number of ether oxygens (including phenoxy) is 2. The third kappa shape index (κ3) is 6.40. The molecule has 7 nitrogen and oxygen atoms in total. The zero-order chi connectivity index (χ0) is 33.9. The minimum Gasteiger partial charge on any atom is -0.494 e. The summed E-state index contributed by atoms with van der Waals surface area (Å²) in [7, 11) is 0. The van der Waals surface area contributed by atoms with Crippen LogP contribution in [0.5, 0.6) is 11.5 Å². The number of anilines is 1. The molecule has 0 saturated heterocycles. The minimum atomic E-state index is -0.748. The van der Waals surface area contributed by atoms with E-state index in [1.54, 1.807) is 35.8 Å². The van der Waals surface area contributed by atoms with Crippen molar-refractivity contribution in [3.05, 3.63) is 169 Å². The Bertz CT molecular complexity index is 2400. The first-order valence-electron chi connectivity index (χ1n) is 15.9. The average molecular weight is 670 g/mol. The van der Waals surface area contributed by atoms with E-state index in [1.165, 1.54) is 17.4 Å². The normalized spacial score (nSPS) is 14.3. The number of rotatable bonds is 9. The molecule has 7 rings (SSSR count). The Morgan fingerprint density at radius 2 is 1.65 bits per heavy atom. The van der Waals surface area contributed by atoms with E-state index in [0.717, 1.165) is 16.3 Å². The van der Waals surface area contributed by atoms with Crippen molar-refractivity contribution in [2.75, 3.05) is 11.9 Å². The molecule has 0 spiro atoms. The van der Waals surface area contributed by atoms with Gasteiger partial charge in [0.1, 0.15) is 23.9 Å². The third-order valence-electron chi connectivity index (χ3n) is 8.35. The first-order valence-corrected chi connectivity index (χ1v) is 16.7. The van der Waals surface area contributed by atoms with E-state index in [-0.39, 0.29) is 23.9 Å². The van der Waals surface area contributed by atoms with E-state index in [1.807, 2.05) is 97.9 Å². The lowest BCUT2D eigenvalue weighted by atomic mass is 9.95. The van der Waals surface area contributed by atoms with Gasteiger partial charge >= 0.3 is 0 Å². The van der Waals surface area contributed by atoms with Crippen LogP contribution in [-0.2, 0) is 11.4 Å². The number of fused-ring (bicyclic) bond motifs is 2. The molecule has 244 valence electrons. The number of hydrogen-bond donors (Lipinski definition) is 1. The molecular formula is C40H32FN3O4S. The molecular weight excluding hydrogens is 638 g/mol. The Labute approximate surface area is 285 Å². The number of carbonyl (C=O) groups is 1. The maximum Gasteiger partial charge on any atom is 0.271 e. The fourth-order valence-electron chi connectivity index (χ4n) is 6.01. The maximum absolute atomic E-state index is 14.5. The second kappa shape index (κ2) is 13.7. The van der Waals surface area contributed by atoms with Crippen molar-refractivity contribution < 1.29 is 18.7 Å². The van der Waals surface area contributed by atoms with Crippen LogP contribution in [0.2, 0.25) is 0 Å². The van der Waals surface area contributed by atoms with Crippen molar-refractivity contribution in [3.63, 3.8) is 0 Å².